The summed E-state index contributed by atoms with van der Waals surface area (Å²) in [7, 11) is 0. The van der Waals surface area contributed by atoms with E-state index in [9.17, 15) is 4.79 Å². The molecule has 3 heterocycles. The summed E-state index contributed by atoms with van der Waals surface area (Å²) < 4.78 is 1.69. The third-order valence-electron chi connectivity index (χ3n) is 3.84. The molecule has 1 unspecified atom stereocenters. The third kappa shape index (κ3) is 1.84. The highest BCUT2D eigenvalue weighted by Gasteiger charge is 2.24. The van der Waals surface area contributed by atoms with E-state index >= 15 is 0 Å². The van der Waals surface area contributed by atoms with Crippen LogP contribution < -0.4 is 5.56 Å². The lowest BCUT2D eigenvalue weighted by Crippen LogP contribution is -2.32. The molecule has 5 heteroatoms. The highest BCUT2D eigenvalue weighted by molar-refractivity contribution is 5.37. The molecule has 18 heavy (non-hydrogen) atoms. The predicted octanol–water partition coefficient (Wildman–Crippen LogP) is 1.05. The second-order valence-corrected chi connectivity index (χ2v) is 4.85. The maximum atomic E-state index is 11.9. The number of aromatic nitrogens is 3. The number of nitrogens with zero attached hydrogens (tertiary/aromatic N) is 3. The molecule has 0 radical (unpaired) electrons. The molecule has 3 rings (SSSR count). The van der Waals surface area contributed by atoms with E-state index in [-0.39, 0.29) is 5.56 Å². The van der Waals surface area contributed by atoms with Crippen molar-refractivity contribution >= 4 is 5.65 Å². The van der Waals surface area contributed by atoms with Crippen molar-refractivity contribution in [3.8, 4) is 0 Å². The van der Waals surface area contributed by atoms with Gasteiger partial charge in [-0.25, -0.2) is 4.40 Å². The number of aromatic amines is 1. The molecular weight excluding hydrogens is 228 g/mol. The first kappa shape index (κ1) is 11.5. The quantitative estimate of drug-likeness (QED) is 0.880. The minimum Gasteiger partial charge on any atom is -0.300 e. The van der Waals surface area contributed by atoms with Gasteiger partial charge in [-0.05, 0) is 32.0 Å². The number of nitrogens with one attached hydrogen (secondary N) is 1. The van der Waals surface area contributed by atoms with Crippen LogP contribution in [0.3, 0.4) is 0 Å². The summed E-state index contributed by atoms with van der Waals surface area (Å²) in [6, 6.07) is 5.74. The summed E-state index contributed by atoms with van der Waals surface area (Å²) in [6.07, 6.45) is 3.29. The Balaban J connectivity index is 1.93. The number of likely N-dealkylation sites (N-methyl/N-ethyl adjacent to an activating group) is 1. The van der Waals surface area contributed by atoms with Gasteiger partial charge in [0, 0.05) is 18.5 Å². The summed E-state index contributed by atoms with van der Waals surface area (Å²) >= 11 is 0. The first-order valence-electron chi connectivity index (χ1n) is 6.58. The molecular formula is C13H18N4O. The van der Waals surface area contributed by atoms with Crippen LogP contribution >= 0.6 is 0 Å². The minimum atomic E-state index is -0.00250. The summed E-state index contributed by atoms with van der Waals surface area (Å²) in [6.45, 7) is 4.42. The maximum Gasteiger partial charge on any atom is 0.257 e. The van der Waals surface area contributed by atoms with Crippen molar-refractivity contribution in [2.75, 3.05) is 13.1 Å². The Labute approximate surface area is 105 Å². The van der Waals surface area contributed by atoms with Gasteiger partial charge in [0.15, 0.2) is 0 Å². The number of pyridine rings is 1. The Hall–Kier alpha value is -1.62. The van der Waals surface area contributed by atoms with Crippen LogP contribution in [0.1, 0.15) is 25.6 Å². The van der Waals surface area contributed by atoms with E-state index in [1.165, 1.54) is 19.4 Å². The average Bonchev–Trinajstić information content (AvgIpc) is 2.97. The second kappa shape index (κ2) is 4.57. The number of rotatable bonds is 3. The average molecular weight is 246 g/mol. The fourth-order valence-corrected chi connectivity index (χ4v) is 2.90. The van der Waals surface area contributed by atoms with E-state index in [2.05, 4.69) is 22.0 Å². The molecule has 2 aromatic heterocycles. The largest absolute Gasteiger partial charge is 0.300 e. The molecule has 0 aromatic carbocycles. The molecule has 2 aromatic rings. The second-order valence-electron chi connectivity index (χ2n) is 4.85. The SMILES string of the molecule is CCN1CCCC1Cc1n[nH]c2cccc(=O)n12. The van der Waals surface area contributed by atoms with Crippen LogP contribution in [0.5, 0.6) is 0 Å². The van der Waals surface area contributed by atoms with E-state index in [1.807, 2.05) is 6.07 Å². The normalized spacial score (nSPS) is 20.8. The molecule has 1 N–H and O–H groups in total. The van der Waals surface area contributed by atoms with Crippen molar-refractivity contribution < 1.29 is 0 Å². The zero-order valence-corrected chi connectivity index (χ0v) is 10.6. The van der Waals surface area contributed by atoms with Crippen LogP contribution in [-0.2, 0) is 6.42 Å². The Kier molecular flexibility index (Phi) is 2.91. The summed E-state index contributed by atoms with van der Waals surface area (Å²) in [5.74, 6) is 0.848. The fraction of sp³-hybridized carbons (Fsp3) is 0.538. The Morgan fingerprint density at radius 1 is 1.50 bits per heavy atom. The molecule has 1 atom stereocenters. The molecule has 0 spiro atoms. The number of hydrogen-bond acceptors (Lipinski definition) is 3. The summed E-state index contributed by atoms with van der Waals surface area (Å²) in [4.78, 5) is 14.3. The van der Waals surface area contributed by atoms with Crippen LogP contribution in [0.25, 0.3) is 5.65 Å². The summed E-state index contributed by atoms with van der Waals surface area (Å²) in [5, 5.41) is 7.23. The van der Waals surface area contributed by atoms with Crippen molar-refractivity contribution in [2.24, 2.45) is 0 Å². The lowest BCUT2D eigenvalue weighted by Gasteiger charge is -2.21. The monoisotopic (exact) mass is 246 g/mol. The number of fused-ring (bicyclic) bond motifs is 1. The van der Waals surface area contributed by atoms with E-state index in [0.29, 0.717) is 6.04 Å². The molecule has 0 amide bonds. The number of H-pyrrole nitrogens is 1. The lowest BCUT2D eigenvalue weighted by atomic mass is 10.1. The van der Waals surface area contributed by atoms with E-state index in [4.69, 9.17) is 0 Å². The van der Waals surface area contributed by atoms with Gasteiger partial charge >= 0.3 is 0 Å². The van der Waals surface area contributed by atoms with Crippen molar-refractivity contribution in [1.82, 2.24) is 19.5 Å². The minimum absolute atomic E-state index is 0.00250. The van der Waals surface area contributed by atoms with Gasteiger partial charge in [-0.3, -0.25) is 9.89 Å². The molecule has 0 bridgehead atoms. The standard InChI is InChI=1S/C13H18N4O/c1-2-16-8-4-5-10(16)9-12-15-14-11-6-3-7-13(18)17(11)12/h3,6-7,10,14H,2,4-5,8-9H2,1H3. The number of likely N-dealkylation sites (tertiary alicyclic amines) is 1. The first-order chi connectivity index (χ1) is 8.79. The Morgan fingerprint density at radius 2 is 2.39 bits per heavy atom. The van der Waals surface area contributed by atoms with Gasteiger partial charge in [0.25, 0.3) is 5.56 Å². The van der Waals surface area contributed by atoms with Crippen molar-refractivity contribution in [1.29, 1.82) is 0 Å². The number of hydrogen-bond donors (Lipinski definition) is 1. The van der Waals surface area contributed by atoms with Crippen molar-refractivity contribution in [3.63, 3.8) is 0 Å². The van der Waals surface area contributed by atoms with Crippen LogP contribution in [0, 0.1) is 0 Å². The first-order valence-corrected chi connectivity index (χ1v) is 6.58. The van der Waals surface area contributed by atoms with Crippen LogP contribution in [0.15, 0.2) is 23.0 Å². The van der Waals surface area contributed by atoms with E-state index in [1.54, 1.807) is 16.5 Å². The molecule has 96 valence electrons. The molecule has 1 fully saturated rings. The van der Waals surface area contributed by atoms with Gasteiger partial charge in [-0.1, -0.05) is 13.0 Å². The highest BCUT2D eigenvalue weighted by Crippen LogP contribution is 2.19. The fourth-order valence-electron chi connectivity index (χ4n) is 2.90. The van der Waals surface area contributed by atoms with Gasteiger partial charge in [0.05, 0.1) is 0 Å². The molecule has 1 aliphatic heterocycles. The maximum absolute atomic E-state index is 11.9. The van der Waals surface area contributed by atoms with Gasteiger partial charge in [-0.2, -0.15) is 5.10 Å². The van der Waals surface area contributed by atoms with Crippen LogP contribution in [0.2, 0.25) is 0 Å². The van der Waals surface area contributed by atoms with Crippen molar-refractivity contribution in [2.45, 2.75) is 32.2 Å². The van der Waals surface area contributed by atoms with E-state index in [0.717, 1.165) is 24.4 Å². The van der Waals surface area contributed by atoms with Gasteiger partial charge in [0.2, 0.25) is 0 Å². The third-order valence-corrected chi connectivity index (χ3v) is 3.84. The molecule has 0 saturated carbocycles. The zero-order valence-electron chi connectivity index (χ0n) is 10.6. The highest BCUT2D eigenvalue weighted by atomic mass is 16.1. The van der Waals surface area contributed by atoms with E-state index < -0.39 is 0 Å². The van der Waals surface area contributed by atoms with Gasteiger partial charge < -0.3 is 4.90 Å². The molecule has 5 nitrogen and oxygen atoms in total. The van der Waals surface area contributed by atoms with Gasteiger partial charge in [0.1, 0.15) is 11.5 Å². The zero-order chi connectivity index (χ0) is 12.5. The smallest absolute Gasteiger partial charge is 0.257 e. The van der Waals surface area contributed by atoms with Crippen molar-refractivity contribution in [3.05, 3.63) is 34.4 Å². The Bertz CT molecular complexity index is 600. The van der Waals surface area contributed by atoms with Crippen LogP contribution in [0.4, 0.5) is 0 Å². The lowest BCUT2D eigenvalue weighted by molar-refractivity contribution is 0.263. The van der Waals surface area contributed by atoms with Gasteiger partial charge in [-0.15, -0.1) is 0 Å². The topological polar surface area (TPSA) is 53.4 Å². The Morgan fingerprint density at radius 3 is 3.22 bits per heavy atom. The molecule has 1 saturated heterocycles. The molecule has 0 aliphatic carbocycles. The molecule has 1 aliphatic rings. The summed E-state index contributed by atoms with van der Waals surface area (Å²) in [5.41, 5.74) is 0.774. The van der Waals surface area contributed by atoms with Crippen LogP contribution in [-0.4, -0.2) is 38.6 Å². The predicted molar refractivity (Wildman–Crippen MR) is 69.8 cm³/mol.